The Kier molecular flexibility index (Phi) is 3.33. The van der Waals surface area contributed by atoms with E-state index in [1.807, 2.05) is 6.07 Å². The molecule has 1 aromatic heterocycles. The van der Waals surface area contributed by atoms with E-state index in [2.05, 4.69) is 10.3 Å². The van der Waals surface area contributed by atoms with E-state index in [1.54, 1.807) is 24.3 Å². The highest BCUT2D eigenvalue weighted by atomic mass is 16.4. The third-order valence-electron chi connectivity index (χ3n) is 2.28. The van der Waals surface area contributed by atoms with E-state index in [1.165, 1.54) is 18.5 Å². The molecule has 1 aromatic carbocycles. The number of carbonyl (C=O) groups excluding carboxylic acids is 1. The molecule has 0 unspecified atom stereocenters. The lowest BCUT2D eigenvalue weighted by Crippen LogP contribution is -2.12. The van der Waals surface area contributed by atoms with Crippen LogP contribution >= 0.6 is 0 Å². The number of nitrogens with one attached hydrogen (secondary N) is 1. The summed E-state index contributed by atoms with van der Waals surface area (Å²) in [6.45, 7) is 0. The Hall–Kier alpha value is -2.69. The Morgan fingerprint density at radius 3 is 2.44 bits per heavy atom. The summed E-state index contributed by atoms with van der Waals surface area (Å²) in [7, 11) is 0. The van der Waals surface area contributed by atoms with Gasteiger partial charge in [0.15, 0.2) is 0 Å². The van der Waals surface area contributed by atoms with Crippen LogP contribution in [0.3, 0.4) is 0 Å². The van der Waals surface area contributed by atoms with Crippen LogP contribution in [0.4, 0.5) is 5.69 Å². The maximum absolute atomic E-state index is 11.8. The highest BCUT2D eigenvalue weighted by Gasteiger charge is 2.08. The van der Waals surface area contributed by atoms with E-state index < -0.39 is 5.97 Å². The summed E-state index contributed by atoms with van der Waals surface area (Å²) in [5, 5.41) is 11.4. The van der Waals surface area contributed by atoms with Crippen molar-refractivity contribution >= 4 is 17.6 Å². The second kappa shape index (κ2) is 5.09. The molecule has 0 saturated heterocycles. The number of rotatable bonds is 3. The van der Waals surface area contributed by atoms with Gasteiger partial charge in [-0.05, 0) is 18.2 Å². The molecule has 0 aliphatic rings. The van der Waals surface area contributed by atoms with Crippen LogP contribution < -0.4 is 5.32 Å². The van der Waals surface area contributed by atoms with Gasteiger partial charge in [-0.3, -0.25) is 9.78 Å². The van der Waals surface area contributed by atoms with Crippen LogP contribution in [0.15, 0.2) is 48.8 Å². The Morgan fingerprint density at radius 1 is 1.06 bits per heavy atom. The molecule has 1 amide bonds. The molecule has 0 aliphatic heterocycles. The van der Waals surface area contributed by atoms with Gasteiger partial charge in [-0.25, -0.2) is 4.79 Å². The van der Waals surface area contributed by atoms with Crippen molar-refractivity contribution in [3.8, 4) is 0 Å². The normalized spacial score (nSPS) is 9.78. The van der Waals surface area contributed by atoms with Gasteiger partial charge in [0.25, 0.3) is 5.91 Å². The molecule has 2 aromatic rings. The van der Waals surface area contributed by atoms with E-state index in [9.17, 15) is 9.59 Å². The standard InChI is InChI=1S/C13H10N2O3/c16-12(9-4-2-1-3-5-9)15-11-6-10(13(17)18)7-14-8-11/h1-8H,(H,15,16)(H,17,18). The first-order valence-corrected chi connectivity index (χ1v) is 5.21. The SMILES string of the molecule is O=C(O)c1cncc(NC(=O)c2ccccc2)c1. The minimum absolute atomic E-state index is 0.0286. The highest BCUT2D eigenvalue weighted by Crippen LogP contribution is 2.10. The zero-order chi connectivity index (χ0) is 13.0. The Balaban J connectivity index is 2.17. The van der Waals surface area contributed by atoms with E-state index in [0.717, 1.165) is 0 Å². The zero-order valence-electron chi connectivity index (χ0n) is 9.33. The van der Waals surface area contributed by atoms with Crippen LogP contribution in [0.2, 0.25) is 0 Å². The molecular weight excluding hydrogens is 232 g/mol. The van der Waals surface area contributed by atoms with Crippen molar-refractivity contribution in [1.29, 1.82) is 0 Å². The van der Waals surface area contributed by atoms with Gasteiger partial charge in [-0.2, -0.15) is 0 Å². The van der Waals surface area contributed by atoms with Gasteiger partial charge < -0.3 is 10.4 Å². The number of aromatic carboxylic acids is 1. The Bertz CT molecular complexity index is 582. The second-order valence-corrected chi connectivity index (χ2v) is 3.59. The summed E-state index contributed by atoms with van der Waals surface area (Å²) in [6, 6.07) is 10.0. The summed E-state index contributed by atoms with van der Waals surface area (Å²) in [5.74, 6) is -1.39. The van der Waals surface area contributed by atoms with Crippen molar-refractivity contribution in [2.24, 2.45) is 0 Å². The van der Waals surface area contributed by atoms with Gasteiger partial charge >= 0.3 is 5.97 Å². The maximum Gasteiger partial charge on any atom is 0.337 e. The van der Waals surface area contributed by atoms with Gasteiger partial charge in [0, 0.05) is 11.8 Å². The fourth-order valence-electron chi connectivity index (χ4n) is 1.42. The van der Waals surface area contributed by atoms with Gasteiger partial charge in [0.05, 0.1) is 17.4 Å². The number of amides is 1. The lowest BCUT2D eigenvalue weighted by Gasteiger charge is -2.05. The number of pyridine rings is 1. The fourth-order valence-corrected chi connectivity index (χ4v) is 1.42. The topological polar surface area (TPSA) is 79.3 Å². The summed E-state index contributed by atoms with van der Waals surface area (Å²) in [4.78, 5) is 26.3. The van der Waals surface area contributed by atoms with Crippen LogP contribution in [-0.4, -0.2) is 22.0 Å². The van der Waals surface area contributed by atoms with Gasteiger partial charge in [0.2, 0.25) is 0 Å². The number of carboxylic acids is 1. The molecular formula is C13H10N2O3. The first kappa shape index (κ1) is 11.8. The van der Waals surface area contributed by atoms with Crippen LogP contribution in [0.1, 0.15) is 20.7 Å². The fraction of sp³-hybridized carbons (Fsp3) is 0. The van der Waals surface area contributed by atoms with Crippen molar-refractivity contribution in [1.82, 2.24) is 4.98 Å². The predicted molar refractivity (Wildman–Crippen MR) is 65.6 cm³/mol. The molecule has 2 rings (SSSR count). The molecule has 5 heteroatoms. The molecule has 0 saturated carbocycles. The predicted octanol–water partition coefficient (Wildman–Crippen LogP) is 2.03. The maximum atomic E-state index is 11.8. The number of aromatic nitrogens is 1. The molecule has 5 nitrogen and oxygen atoms in total. The molecule has 90 valence electrons. The van der Waals surface area contributed by atoms with E-state index in [-0.39, 0.29) is 11.5 Å². The monoisotopic (exact) mass is 242 g/mol. The lowest BCUT2D eigenvalue weighted by molar-refractivity contribution is 0.0696. The van der Waals surface area contributed by atoms with Crippen molar-refractivity contribution < 1.29 is 14.7 Å². The van der Waals surface area contributed by atoms with E-state index in [4.69, 9.17) is 5.11 Å². The average molecular weight is 242 g/mol. The third kappa shape index (κ3) is 2.70. The molecule has 2 N–H and O–H groups in total. The number of carbonyl (C=O) groups is 2. The summed E-state index contributed by atoms with van der Waals surface area (Å²) in [6.07, 6.45) is 2.62. The average Bonchev–Trinajstić information content (AvgIpc) is 2.40. The lowest BCUT2D eigenvalue weighted by atomic mass is 10.2. The molecule has 1 heterocycles. The largest absolute Gasteiger partial charge is 0.478 e. The van der Waals surface area contributed by atoms with Crippen LogP contribution in [0, 0.1) is 0 Å². The van der Waals surface area contributed by atoms with Crippen LogP contribution in [0.5, 0.6) is 0 Å². The quantitative estimate of drug-likeness (QED) is 0.863. The summed E-state index contributed by atoms with van der Waals surface area (Å²) < 4.78 is 0. The van der Waals surface area contributed by atoms with E-state index >= 15 is 0 Å². The molecule has 0 aliphatic carbocycles. The zero-order valence-corrected chi connectivity index (χ0v) is 9.33. The highest BCUT2D eigenvalue weighted by molar-refractivity contribution is 6.04. The molecule has 0 spiro atoms. The third-order valence-corrected chi connectivity index (χ3v) is 2.28. The number of nitrogens with zero attached hydrogens (tertiary/aromatic N) is 1. The van der Waals surface area contributed by atoms with Crippen molar-refractivity contribution in [3.63, 3.8) is 0 Å². The van der Waals surface area contributed by atoms with Crippen molar-refractivity contribution in [3.05, 3.63) is 59.9 Å². The molecule has 18 heavy (non-hydrogen) atoms. The number of hydrogen-bond donors (Lipinski definition) is 2. The van der Waals surface area contributed by atoms with Gasteiger partial charge in [-0.15, -0.1) is 0 Å². The minimum atomic E-state index is -1.08. The number of anilines is 1. The first-order valence-electron chi connectivity index (χ1n) is 5.21. The van der Waals surface area contributed by atoms with Gasteiger partial charge in [0.1, 0.15) is 0 Å². The number of carboxylic acid groups (broad SMARTS) is 1. The minimum Gasteiger partial charge on any atom is -0.478 e. The smallest absolute Gasteiger partial charge is 0.337 e. The second-order valence-electron chi connectivity index (χ2n) is 3.59. The summed E-state index contributed by atoms with van der Waals surface area (Å²) in [5.41, 5.74) is 0.878. The Labute approximate surface area is 103 Å². The van der Waals surface area contributed by atoms with Crippen LogP contribution in [0.25, 0.3) is 0 Å². The molecule has 0 bridgehead atoms. The van der Waals surface area contributed by atoms with Gasteiger partial charge in [-0.1, -0.05) is 18.2 Å². The molecule has 0 atom stereocenters. The van der Waals surface area contributed by atoms with Crippen LogP contribution in [-0.2, 0) is 0 Å². The van der Waals surface area contributed by atoms with Crippen molar-refractivity contribution in [2.45, 2.75) is 0 Å². The summed E-state index contributed by atoms with van der Waals surface area (Å²) >= 11 is 0. The van der Waals surface area contributed by atoms with E-state index in [0.29, 0.717) is 11.3 Å². The first-order chi connectivity index (χ1) is 8.66. The molecule has 0 fully saturated rings. The number of benzene rings is 1. The van der Waals surface area contributed by atoms with Crippen molar-refractivity contribution in [2.75, 3.05) is 5.32 Å². The number of hydrogen-bond acceptors (Lipinski definition) is 3. The Morgan fingerprint density at radius 2 is 1.78 bits per heavy atom. The molecule has 0 radical (unpaired) electrons.